The summed E-state index contributed by atoms with van der Waals surface area (Å²) in [6.07, 6.45) is 0.517. The van der Waals surface area contributed by atoms with Crippen molar-refractivity contribution in [1.82, 2.24) is 36.4 Å². The maximum atomic E-state index is 14.5. The Morgan fingerprint density at radius 1 is 0.785 bits per heavy atom. The maximum absolute atomic E-state index is 14.5. The summed E-state index contributed by atoms with van der Waals surface area (Å²) >= 11 is 0. The fourth-order valence-corrected chi connectivity index (χ4v) is 10.3. The second-order valence-corrected chi connectivity index (χ2v) is 21.8. The van der Waals surface area contributed by atoms with Crippen LogP contribution in [-0.2, 0) is 50.4 Å². The number of hydrogen-bond donors (Lipinski definition) is 12. The van der Waals surface area contributed by atoms with Crippen LogP contribution in [-0.4, -0.2) is 187 Å². The Balaban J connectivity index is 0.0000164. The first-order valence-electron chi connectivity index (χ1n) is 26.9. The predicted molar refractivity (Wildman–Crippen MR) is 274 cm³/mol. The molecule has 0 spiro atoms. The first-order valence-corrected chi connectivity index (χ1v) is 28.2. The van der Waals surface area contributed by atoms with E-state index in [2.05, 4.69) is 37.7 Å². The first-order chi connectivity index (χ1) is 36.9. The number of amides is 7. The van der Waals surface area contributed by atoms with Gasteiger partial charge < -0.3 is 76.3 Å². The predicted octanol–water partition coefficient (Wildman–Crippen LogP) is -5.02. The molecule has 12 N–H and O–H groups in total. The molecule has 0 saturated carbocycles. The second-order valence-electron chi connectivity index (χ2n) is 20.7. The van der Waals surface area contributed by atoms with Gasteiger partial charge in [-0.3, -0.25) is 38.1 Å². The molecule has 1 aromatic rings. The van der Waals surface area contributed by atoms with Gasteiger partial charge in [-0.15, -0.1) is 0 Å². The molecule has 0 radical (unpaired) electrons. The van der Waals surface area contributed by atoms with Crippen LogP contribution in [0.2, 0.25) is 0 Å². The Kier molecular flexibility index (Phi) is 28.9. The Morgan fingerprint density at radius 2 is 1.35 bits per heavy atom. The van der Waals surface area contributed by atoms with E-state index in [0.717, 1.165) is 60.6 Å². The molecule has 13 atom stereocenters. The minimum Gasteiger partial charge on any atom is -0.870 e. The Bertz CT molecular complexity index is 2360. The molecule has 1 aromatic carbocycles. The van der Waals surface area contributed by atoms with Crippen molar-refractivity contribution < 1.29 is 116 Å². The standard InChI is InChI=1S/C51H80N8O18S.Na/c1-4-5-6-7-8-9-10-11-12-13-14-15-16-17-40(66)54-34-24-32(61)26-53-49(71)44-45(67)29(2)27-59(44)51(73)43(37(64)20-21-52)57-48(70)42(38(65)22-31-18-19-36(63)39(23-31)77-78(74,75)76)56-47(69)35-25-33(62)28-58(35)50(72)41(30(3)60)55-46(34)68;/h18-19,23,29-30,32-35,37-38,41-45,60-65,67H,4-17,20,22,24-28H2,1-3H3,(H,53,71)(H,54,66)(H,55,68)(H,56,69)(H,57,70)(H,74,75,76);/q;+1/p-1/t29-,30+,32+,33+,34-,35-,37+,38+,41-,42-,43-,44-,45-;/m0./s1. The first kappa shape index (κ1) is 68.5. The largest absolute Gasteiger partial charge is 1.00 e. The minimum atomic E-state index is -5.24. The number of unbranched alkanes of at least 4 members (excludes halogenated alkanes) is 12. The molecular formula is C51H79N8NaO18S. The summed E-state index contributed by atoms with van der Waals surface area (Å²) in [4.78, 5) is 101. The molecule has 0 unspecified atom stereocenters. The molecule has 26 nitrogen and oxygen atoms in total. The summed E-state index contributed by atoms with van der Waals surface area (Å²) in [5.74, 6) is -10.6. The average molecular weight is 1150 g/mol. The van der Waals surface area contributed by atoms with Crippen LogP contribution in [0.3, 0.4) is 0 Å². The van der Waals surface area contributed by atoms with Crippen molar-refractivity contribution in [3.05, 3.63) is 23.8 Å². The SMILES string of the molecule is CCCCCCCCCCCCCCCC(=O)N[C@H]1C[C@@H](O)CNC(=O)[C@@H]2[C@@H](O)[C@@H](C)CN2C(=O)[C@H]([C@H](O)CC#N)NC(=O)[C@H]([C@H](O)Cc2ccc([O-])c(OS(=O)(=O)O)c2)NC(=O)[C@@H]2C[C@@H](O)CN2C(=O)[C@H]([C@@H](C)O)NC1=O.[Na+]. The molecule has 3 fully saturated rings. The third-order valence-corrected chi connectivity index (χ3v) is 14.6. The van der Waals surface area contributed by atoms with Crippen LogP contribution < -0.4 is 65.4 Å². The van der Waals surface area contributed by atoms with Crippen LogP contribution in [0, 0.1) is 17.2 Å². The zero-order valence-corrected chi connectivity index (χ0v) is 48.3. The number of fused-ring (bicyclic) bond motifs is 2. The zero-order chi connectivity index (χ0) is 57.9. The number of carbonyl (C=O) groups is 7. The molecule has 3 aliphatic rings. The number of rotatable bonds is 23. The van der Waals surface area contributed by atoms with Crippen LogP contribution in [0.1, 0.15) is 135 Å². The van der Waals surface area contributed by atoms with E-state index in [4.69, 9.17) is 0 Å². The molecular weight excluding hydrogens is 1070 g/mol. The molecule has 7 amide bonds. The van der Waals surface area contributed by atoms with Gasteiger partial charge in [-0.05, 0) is 25.0 Å². The van der Waals surface area contributed by atoms with Crippen LogP contribution in [0.4, 0.5) is 0 Å². The van der Waals surface area contributed by atoms with Gasteiger partial charge >= 0.3 is 40.0 Å². The van der Waals surface area contributed by atoms with Crippen molar-refractivity contribution in [2.45, 2.75) is 209 Å². The Hall–Kier alpha value is -4.73. The van der Waals surface area contributed by atoms with E-state index >= 15 is 0 Å². The van der Waals surface area contributed by atoms with Crippen molar-refractivity contribution >= 4 is 51.7 Å². The van der Waals surface area contributed by atoms with E-state index in [9.17, 15) is 87.5 Å². The zero-order valence-electron chi connectivity index (χ0n) is 45.5. The smallest absolute Gasteiger partial charge is 0.870 e. The monoisotopic (exact) mass is 1150 g/mol. The number of carbonyl (C=O) groups excluding carboxylic acids is 7. The number of nitrogens with zero attached hydrogens (tertiary/aromatic N) is 3. The van der Waals surface area contributed by atoms with Gasteiger partial charge in [-0.1, -0.05) is 109 Å². The number of nitriles is 1. The second kappa shape index (κ2) is 33.3. The third kappa shape index (κ3) is 21.3. The van der Waals surface area contributed by atoms with Crippen molar-refractivity contribution in [2.75, 3.05) is 19.6 Å². The Morgan fingerprint density at radius 3 is 1.94 bits per heavy atom. The fraction of sp³-hybridized carbons (Fsp3) is 0.725. The molecule has 3 saturated heterocycles. The normalized spacial score (nSPS) is 26.8. The van der Waals surface area contributed by atoms with E-state index in [1.807, 2.05) is 0 Å². The van der Waals surface area contributed by atoms with Gasteiger partial charge in [0.15, 0.2) is 0 Å². The summed E-state index contributed by atoms with van der Waals surface area (Å²) in [6.45, 7) is 3.19. The van der Waals surface area contributed by atoms with E-state index in [1.165, 1.54) is 51.9 Å². The van der Waals surface area contributed by atoms with Crippen LogP contribution in [0.5, 0.6) is 11.5 Å². The van der Waals surface area contributed by atoms with Gasteiger partial charge in [0, 0.05) is 51.2 Å². The van der Waals surface area contributed by atoms with Gasteiger partial charge in [0.2, 0.25) is 41.4 Å². The van der Waals surface area contributed by atoms with Crippen molar-refractivity contribution in [3.8, 4) is 17.6 Å². The quantitative estimate of drug-likeness (QED) is 0.0277. The number of aliphatic hydroxyl groups is 6. The minimum absolute atomic E-state index is 0. The van der Waals surface area contributed by atoms with Crippen LogP contribution in [0.15, 0.2) is 18.2 Å². The summed E-state index contributed by atoms with van der Waals surface area (Å²) in [5, 5.41) is 101. The molecule has 0 aromatic heterocycles. The maximum Gasteiger partial charge on any atom is 1.00 e. The van der Waals surface area contributed by atoms with Crippen molar-refractivity contribution in [3.63, 3.8) is 0 Å². The van der Waals surface area contributed by atoms with Crippen molar-refractivity contribution in [2.24, 2.45) is 5.92 Å². The molecule has 3 heterocycles. The average Bonchev–Trinajstić information content (AvgIpc) is 3.92. The summed E-state index contributed by atoms with van der Waals surface area (Å²) < 4.78 is 36.4. The van der Waals surface area contributed by atoms with Gasteiger partial charge in [-0.25, -0.2) is 0 Å². The van der Waals surface area contributed by atoms with E-state index in [-0.39, 0.29) is 48.1 Å². The molecule has 3 aliphatic heterocycles. The van der Waals surface area contributed by atoms with E-state index in [0.29, 0.717) is 12.8 Å². The van der Waals surface area contributed by atoms with Gasteiger partial charge in [0.25, 0.3) is 0 Å². The van der Waals surface area contributed by atoms with Crippen LogP contribution in [0.25, 0.3) is 0 Å². The summed E-state index contributed by atoms with van der Waals surface area (Å²) in [5.41, 5.74) is -0.140. The number of aliphatic hydroxyl groups excluding tert-OH is 6. The topological polar surface area (TPSA) is 418 Å². The van der Waals surface area contributed by atoms with Gasteiger partial charge in [0.05, 0.1) is 49.1 Å². The summed E-state index contributed by atoms with van der Waals surface area (Å²) in [6, 6.07) is -7.07. The van der Waals surface area contributed by atoms with Crippen molar-refractivity contribution in [1.29, 1.82) is 5.26 Å². The van der Waals surface area contributed by atoms with E-state index < -0.39 is 181 Å². The van der Waals surface area contributed by atoms with E-state index in [1.54, 1.807) is 6.07 Å². The molecule has 0 aliphatic carbocycles. The number of nitrogens with one attached hydrogen (secondary N) is 5. The number of hydrogen-bond acceptors (Lipinski definition) is 18. The molecule has 28 heteroatoms. The molecule has 4 rings (SSSR count). The Labute approximate surface area is 483 Å². The van der Waals surface area contributed by atoms with Crippen LogP contribution >= 0.6 is 0 Å². The molecule has 79 heavy (non-hydrogen) atoms. The molecule has 438 valence electrons. The summed E-state index contributed by atoms with van der Waals surface area (Å²) in [7, 11) is -5.24. The number of β-amino-alcohol motifs (C(OH)–C–C–N with tert-alkyl or cyclic N) is 1. The van der Waals surface area contributed by atoms with Gasteiger partial charge in [0.1, 0.15) is 42.0 Å². The molecule has 0 bridgehead atoms. The van der Waals surface area contributed by atoms with Gasteiger partial charge in [-0.2, -0.15) is 13.7 Å². The fourth-order valence-electron chi connectivity index (χ4n) is 9.92. The number of benzene rings is 1. The third-order valence-electron chi connectivity index (χ3n) is 14.2.